The summed E-state index contributed by atoms with van der Waals surface area (Å²) in [6, 6.07) is 14.8. The van der Waals surface area contributed by atoms with Crippen molar-refractivity contribution < 1.29 is 9.84 Å². The minimum absolute atomic E-state index is 0.161. The lowest BCUT2D eigenvalue weighted by Crippen LogP contribution is -2.01. The van der Waals surface area contributed by atoms with E-state index in [9.17, 15) is 5.11 Å². The van der Waals surface area contributed by atoms with Crippen LogP contribution in [0.3, 0.4) is 0 Å². The average molecular weight is 280 g/mol. The van der Waals surface area contributed by atoms with Gasteiger partial charge < -0.3 is 9.84 Å². The Labute approximate surface area is 123 Å². The van der Waals surface area contributed by atoms with E-state index in [4.69, 9.17) is 4.74 Å². The van der Waals surface area contributed by atoms with E-state index < -0.39 is 0 Å². The molecule has 0 aliphatic heterocycles. The van der Waals surface area contributed by atoms with Crippen molar-refractivity contribution in [1.82, 2.24) is 9.97 Å². The molecule has 106 valence electrons. The van der Waals surface area contributed by atoms with E-state index in [-0.39, 0.29) is 5.75 Å². The minimum Gasteiger partial charge on any atom is -0.507 e. The SMILES string of the molecule is CCCOc1nc(-c2ccccc2O)nc2ccccc12. The van der Waals surface area contributed by atoms with Gasteiger partial charge in [-0.3, -0.25) is 0 Å². The number of hydrogen-bond donors (Lipinski definition) is 1. The standard InChI is InChI=1S/C17H16N2O2/c1-2-11-21-17-12-7-3-5-9-14(12)18-16(19-17)13-8-4-6-10-15(13)20/h3-10,20H,2,11H2,1H3. The maximum absolute atomic E-state index is 9.98. The quantitative estimate of drug-likeness (QED) is 0.790. The van der Waals surface area contributed by atoms with Crippen LogP contribution in [0, 0.1) is 0 Å². The maximum atomic E-state index is 9.98. The van der Waals surface area contributed by atoms with E-state index in [1.807, 2.05) is 37.3 Å². The molecule has 0 bridgehead atoms. The molecule has 1 N–H and O–H groups in total. The van der Waals surface area contributed by atoms with Gasteiger partial charge in [0.25, 0.3) is 0 Å². The first-order valence-electron chi connectivity index (χ1n) is 6.97. The lowest BCUT2D eigenvalue weighted by molar-refractivity contribution is 0.309. The highest BCUT2D eigenvalue weighted by molar-refractivity contribution is 5.85. The van der Waals surface area contributed by atoms with Crippen molar-refractivity contribution in [3.05, 3.63) is 48.5 Å². The van der Waals surface area contributed by atoms with Gasteiger partial charge in [0.15, 0.2) is 5.82 Å². The Hall–Kier alpha value is -2.62. The van der Waals surface area contributed by atoms with Crippen molar-refractivity contribution in [1.29, 1.82) is 0 Å². The summed E-state index contributed by atoms with van der Waals surface area (Å²) >= 11 is 0. The van der Waals surface area contributed by atoms with Crippen LogP contribution in [0.5, 0.6) is 11.6 Å². The second kappa shape index (κ2) is 5.79. The summed E-state index contributed by atoms with van der Waals surface area (Å²) < 4.78 is 5.74. The zero-order valence-electron chi connectivity index (χ0n) is 11.8. The summed E-state index contributed by atoms with van der Waals surface area (Å²) in [5, 5.41) is 10.9. The van der Waals surface area contributed by atoms with Crippen LogP contribution in [0.1, 0.15) is 13.3 Å². The van der Waals surface area contributed by atoms with Crippen molar-refractivity contribution in [2.75, 3.05) is 6.61 Å². The van der Waals surface area contributed by atoms with Crippen LogP contribution < -0.4 is 4.74 Å². The molecule has 3 aromatic rings. The molecule has 0 spiro atoms. The number of phenolic OH excluding ortho intramolecular Hbond substituents is 1. The minimum atomic E-state index is 0.161. The van der Waals surface area contributed by atoms with Gasteiger partial charge in [0, 0.05) is 0 Å². The number of phenols is 1. The van der Waals surface area contributed by atoms with Crippen LogP contribution in [-0.4, -0.2) is 21.7 Å². The van der Waals surface area contributed by atoms with Crippen molar-refractivity contribution >= 4 is 10.9 Å². The fourth-order valence-corrected chi connectivity index (χ4v) is 2.14. The van der Waals surface area contributed by atoms with Crippen LogP contribution in [0.2, 0.25) is 0 Å². The number of fused-ring (bicyclic) bond motifs is 1. The molecule has 0 saturated heterocycles. The number of rotatable bonds is 4. The number of hydrogen-bond acceptors (Lipinski definition) is 4. The highest BCUT2D eigenvalue weighted by atomic mass is 16.5. The molecule has 2 aromatic carbocycles. The smallest absolute Gasteiger partial charge is 0.225 e. The number of benzene rings is 2. The summed E-state index contributed by atoms with van der Waals surface area (Å²) in [6.07, 6.45) is 0.907. The second-order valence-electron chi connectivity index (χ2n) is 4.74. The fourth-order valence-electron chi connectivity index (χ4n) is 2.14. The van der Waals surface area contributed by atoms with Gasteiger partial charge in [-0.15, -0.1) is 0 Å². The topological polar surface area (TPSA) is 55.2 Å². The van der Waals surface area contributed by atoms with Gasteiger partial charge in [-0.25, -0.2) is 4.98 Å². The van der Waals surface area contributed by atoms with E-state index in [0.29, 0.717) is 23.9 Å². The lowest BCUT2D eigenvalue weighted by atomic mass is 10.1. The second-order valence-corrected chi connectivity index (χ2v) is 4.74. The Kier molecular flexibility index (Phi) is 3.69. The molecule has 0 amide bonds. The molecule has 0 aliphatic rings. The zero-order chi connectivity index (χ0) is 14.7. The van der Waals surface area contributed by atoms with Crippen molar-refractivity contribution in [3.63, 3.8) is 0 Å². The highest BCUT2D eigenvalue weighted by Crippen LogP contribution is 2.30. The van der Waals surface area contributed by atoms with Gasteiger partial charge in [0.1, 0.15) is 5.75 Å². The van der Waals surface area contributed by atoms with Crippen LogP contribution in [0.4, 0.5) is 0 Å². The third kappa shape index (κ3) is 2.65. The van der Waals surface area contributed by atoms with Crippen molar-refractivity contribution in [3.8, 4) is 23.0 Å². The molecular formula is C17H16N2O2. The van der Waals surface area contributed by atoms with Gasteiger partial charge in [-0.1, -0.05) is 31.2 Å². The molecule has 0 aliphatic carbocycles. The lowest BCUT2D eigenvalue weighted by Gasteiger charge is -2.10. The predicted molar refractivity (Wildman–Crippen MR) is 82.4 cm³/mol. The Balaban J connectivity index is 2.18. The van der Waals surface area contributed by atoms with Crippen LogP contribution in [-0.2, 0) is 0 Å². The molecule has 4 heteroatoms. The van der Waals surface area contributed by atoms with Gasteiger partial charge in [0.05, 0.1) is 23.1 Å². The van der Waals surface area contributed by atoms with Gasteiger partial charge in [-0.2, -0.15) is 4.98 Å². The Morgan fingerprint density at radius 3 is 2.57 bits per heavy atom. The summed E-state index contributed by atoms with van der Waals surface area (Å²) in [7, 11) is 0. The van der Waals surface area contributed by atoms with Gasteiger partial charge >= 0.3 is 0 Å². The van der Waals surface area contributed by atoms with E-state index in [2.05, 4.69) is 9.97 Å². The third-order valence-electron chi connectivity index (χ3n) is 3.16. The average Bonchev–Trinajstić information content (AvgIpc) is 2.53. The Bertz CT molecular complexity index is 772. The number of aromatic hydroxyl groups is 1. The van der Waals surface area contributed by atoms with Gasteiger partial charge in [-0.05, 0) is 30.7 Å². The van der Waals surface area contributed by atoms with Crippen LogP contribution in [0.25, 0.3) is 22.3 Å². The van der Waals surface area contributed by atoms with E-state index in [1.54, 1.807) is 18.2 Å². The summed E-state index contributed by atoms with van der Waals surface area (Å²) in [6.45, 7) is 2.65. The number of nitrogens with zero attached hydrogens (tertiary/aromatic N) is 2. The molecular weight excluding hydrogens is 264 g/mol. The molecule has 1 heterocycles. The molecule has 0 fully saturated rings. The van der Waals surface area contributed by atoms with Crippen LogP contribution >= 0.6 is 0 Å². The number of ether oxygens (including phenoxy) is 1. The third-order valence-corrected chi connectivity index (χ3v) is 3.16. The Morgan fingerprint density at radius 1 is 1.00 bits per heavy atom. The Morgan fingerprint density at radius 2 is 1.76 bits per heavy atom. The van der Waals surface area contributed by atoms with Gasteiger partial charge in [0.2, 0.25) is 5.88 Å². The van der Waals surface area contributed by atoms with E-state index in [1.165, 1.54) is 0 Å². The van der Waals surface area contributed by atoms with Crippen molar-refractivity contribution in [2.45, 2.75) is 13.3 Å². The first-order valence-corrected chi connectivity index (χ1v) is 6.97. The molecule has 21 heavy (non-hydrogen) atoms. The molecule has 0 unspecified atom stereocenters. The molecule has 3 rings (SSSR count). The largest absolute Gasteiger partial charge is 0.507 e. The molecule has 1 aromatic heterocycles. The molecule has 0 saturated carbocycles. The monoisotopic (exact) mass is 280 g/mol. The number of para-hydroxylation sites is 2. The normalized spacial score (nSPS) is 10.7. The molecule has 4 nitrogen and oxygen atoms in total. The zero-order valence-corrected chi connectivity index (χ0v) is 11.8. The van der Waals surface area contributed by atoms with E-state index in [0.717, 1.165) is 17.3 Å². The predicted octanol–water partition coefficient (Wildman–Crippen LogP) is 3.79. The molecule has 0 atom stereocenters. The van der Waals surface area contributed by atoms with E-state index >= 15 is 0 Å². The fraction of sp³-hybridized carbons (Fsp3) is 0.176. The summed E-state index contributed by atoms with van der Waals surface area (Å²) in [4.78, 5) is 9.00. The number of aromatic nitrogens is 2. The maximum Gasteiger partial charge on any atom is 0.225 e. The first-order chi connectivity index (χ1) is 10.3. The molecule has 0 radical (unpaired) electrons. The van der Waals surface area contributed by atoms with Crippen molar-refractivity contribution in [2.24, 2.45) is 0 Å². The van der Waals surface area contributed by atoms with Crippen LogP contribution in [0.15, 0.2) is 48.5 Å². The summed E-state index contributed by atoms with van der Waals surface area (Å²) in [5.41, 5.74) is 1.40. The summed E-state index contributed by atoms with van der Waals surface area (Å²) in [5.74, 6) is 1.19. The first kappa shape index (κ1) is 13.4. The highest BCUT2D eigenvalue weighted by Gasteiger charge is 2.12.